The summed E-state index contributed by atoms with van der Waals surface area (Å²) in [5.74, 6) is 0. The van der Waals surface area contributed by atoms with Gasteiger partial charge in [0.1, 0.15) is 4.34 Å². The number of aromatic nitrogens is 4. The second-order valence-electron chi connectivity index (χ2n) is 3.92. The molecule has 0 amide bonds. The molecule has 7 heteroatoms. The number of aryl methyl sites for hydroxylation is 1. The van der Waals surface area contributed by atoms with E-state index in [1.807, 2.05) is 6.07 Å². The van der Waals surface area contributed by atoms with E-state index in [9.17, 15) is 4.79 Å². The molecule has 3 aromatic rings. The molecule has 0 aliphatic rings. The summed E-state index contributed by atoms with van der Waals surface area (Å²) in [6, 6.07) is 3.62. The van der Waals surface area contributed by atoms with Gasteiger partial charge in [-0.15, -0.1) is 0 Å². The highest BCUT2D eigenvalue weighted by Crippen LogP contribution is 2.25. The van der Waals surface area contributed by atoms with E-state index >= 15 is 0 Å². The predicted molar refractivity (Wildman–Crippen MR) is 75.0 cm³/mol. The van der Waals surface area contributed by atoms with Gasteiger partial charge in [0.05, 0.1) is 11.3 Å². The van der Waals surface area contributed by atoms with Gasteiger partial charge in [-0.05, 0) is 13.0 Å². The van der Waals surface area contributed by atoms with Gasteiger partial charge in [-0.25, -0.2) is 4.98 Å². The predicted octanol–water partition coefficient (Wildman–Crippen LogP) is 2.65. The molecule has 0 saturated heterocycles. The van der Waals surface area contributed by atoms with E-state index in [2.05, 4.69) is 15.1 Å². The zero-order chi connectivity index (χ0) is 13.4. The van der Waals surface area contributed by atoms with Gasteiger partial charge in [0.25, 0.3) is 5.56 Å². The van der Waals surface area contributed by atoms with Crippen LogP contribution in [0.2, 0.25) is 4.34 Å². The summed E-state index contributed by atoms with van der Waals surface area (Å²) in [4.78, 5) is 20.6. The van der Waals surface area contributed by atoms with Gasteiger partial charge in [-0.3, -0.25) is 14.9 Å². The van der Waals surface area contributed by atoms with Crippen molar-refractivity contribution in [1.82, 2.24) is 19.7 Å². The lowest BCUT2D eigenvalue weighted by molar-refractivity contribution is 0.836. The van der Waals surface area contributed by atoms with Crippen molar-refractivity contribution in [3.05, 3.63) is 51.1 Å². The van der Waals surface area contributed by atoms with E-state index in [-0.39, 0.29) is 5.56 Å². The molecule has 0 fully saturated rings. The average molecular weight is 293 g/mol. The van der Waals surface area contributed by atoms with Gasteiger partial charge in [0.2, 0.25) is 5.13 Å². The van der Waals surface area contributed by atoms with Crippen molar-refractivity contribution >= 4 is 22.9 Å². The Hall–Kier alpha value is -1.92. The fourth-order valence-electron chi connectivity index (χ4n) is 1.70. The minimum absolute atomic E-state index is 0.168. The fourth-order valence-corrected chi connectivity index (χ4v) is 2.71. The largest absolute Gasteiger partial charge is 0.295 e. The first kappa shape index (κ1) is 12.1. The second kappa shape index (κ2) is 4.64. The molecular weight excluding hydrogens is 284 g/mol. The molecule has 0 aliphatic carbocycles. The summed E-state index contributed by atoms with van der Waals surface area (Å²) >= 11 is 7.23. The van der Waals surface area contributed by atoms with Crippen LogP contribution >= 0.6 is 22.9 Å². The van der Waals surface area contributed by atoms with Crippen LogP contribution in [-0.2, 0) is 0 Å². The molecule has 0 saturated carbocycles. The maximum Gasteiger partial charge on any atom is 0.281 e. The Kier molecular flexibility index (Phi) is 2.96. The van der Waals surface area contributed by atoms with Crippen molar-refractivity contribution in [2.45, 2.75) is 6.92 Å². The number of rotatable bonds is 2. The van der Waals surface area contributed by atoms with E-state index in [4.69, 9.17) is 11.6 Å². The summed E-state index contributed by atoms with van der Waals surface area (Å²) in [6.07, 6.45) is 4.96. The first-order chi connectivity index (χ1) is 9.16. The molecule has 0 spiro atoms. The van der Waals surface area contributed by atoms with Crippen LogP contribution in [0.5, 0.6) is 0 Å². The molecule has 0 bridgehead atoms. The first-order valence-corrected chi connectivity index (χ1v) is 6.70. The Balaban J connectivity index is 2.12. The maximum atomic E-state index is 12.3. The molecule has 3 aromatic heterocycles. The topological polar surface area (TPSA) is 63.6 Å². The third-order valence-electron chi connectivity index (χ3n) is 2.66. The molecule has 0 unspecified atom stereocenters. The highest BCUT2D eigenvalue weighted by atomic mass is 35.5. The number of halogens is 1. The molecule has 0 radical (unpaired) electrons. The van der Waals surface area contributed by atoms with E-state index in [1.54, 1.807) is 31.6 Å². The number of hydrogen-bond acceptors (Lipinski definition) is 4. The summed E-state index contributed by atoms with van der Waals surface area (Å²) in [5, 5.41) is 3.43. The summed E-state index contributed by atoms with van der Waals surface area (Å²) < 4.78 is 1.96. The maximum absolute atomic E-state index is 12.3. The lowest BCUT2D eigenvalue weighted by Crippen LogP contribution is -2.15. The Morgan fingerprint density at radius 2 is 2.32 bits per heavy atom. The number of nitrogens with zero attached hydrogens (tertiary/aromatic N) is 3. The minimum atomic E-state index is -0.168. The minimum Gasteiger partial charge on any atom is -0.295 e. The molecule has 19 heavy (non-hydrogen) atoms. The van der Waals surface area contributed by atoms with Crippen LogP contribution in [0.25, 0.3) is 16.3 Å². The van der Waals surface area contributed by atoms with Gasteiger partial charge in [-0.1, -0.05) is 29.0 Å². The summed E-state index contributed by atoms with van der Waals surface area (Å²) in [6.45, 7) is 1.80. The number of H-pyrrole nitrogens is 1. The Morgan fingerprint density at radius 3 is 2.95 bits per heavy atom. The zero-order valence-corrected chi connectivity index (χ0v) is 11.5. The standard InChI is InChI=1S/C12H9ClN4OS/c1-7-10(13)19-12(16-7)17-11(18)9(6-15-17)8-3-2-4-14-5-8/h2-6,15H,1H3. The molecular formula is C12H9ClN4OS. The summed E-state index contributed by atoms with van der Waals surface area (Å²) in [7, 11) is 0. The molecule has 3 rings (SSSR count). The molecule has 0 atom stereocenters. The van der Waals surface area contributed by atoms with Crippen LogP contribution in [0, 0.1) is 6.92 Å². The van der Waals surface area contributed by atoms with Crippen LogP contribution in [0.1, 0.15) is 5.69 Å². The van der Waals surface area contributed by atoms with Crippen LogP contribution in [0.3, 0.4) is 0 Å². The van der Waals surface area contributed by atoms with Gasteiger partial charge < -0.3 is 0 Å². The van der Waals surface area contributed by atoms with Crippen molar-refractivity contribution in [2.75, 3.05) is 0 Å². The molecule has 3 heterocycles. The van der Waals surface area contributed by atoms with Gasteiger partial charge >= 0.3 is 0 Å². The van der Waals surface area contributed by atoms with Crippen LogP contribution in [0.4, 0.5) is 0 Å². The second-order valence-corrected chi connectivity index (χ2v) is 5.50. The average Bonchev–Trinajstić information content (AvgIpc) is 2.95. The third-order valence-corrected chi connectivity index (χ3v) is 4.10. The van der Waals surface area contributed by atoms with Gasteiger partial charge in [0, 0.05) is 24.2 Å². The Bertz CT molecular complexity index is 755. The molecule has 0 aromatic carbocycles. The van der Waals surface area contributed by atoms with E-state index < -0.39 is 0 Å². The zero-order valence-electron chi connectivity index (χ0n) is 9.92. The van der Waals surface area contributed by atoms with Crippen LogP contribution in [0.15, 0.2) is 35.5 Å². The molecule has 0 aliphatic heterocycles. The van der Waals surface area contributed by atoms with E-state index in [0.717, 1.165) is 5.56 Å². The number of nitrogens with one attached hydrogen (secondary N) is 1. The number of hydrogen-bond donors (Lipinski definition) is 1. The highest BCUT2D eigenvalue weighted by Gasteiger charge is 2.13. The van der Waals surface area contributed by atoms with Crippen molar-refractivity contribution in [3.63, 3.8) is 0 Å². The molecule has 5 nitrogen and oxygen atoms in total. The lowest BCUT2D eigenvalue weighted by atomic mass is 10.2. The third kappa shape index (κ3) is 2.09. The van der Waals surface area contributed by atoms with E-state index in [0.29, 0.717) is 20.7 Å². The van der Waals surface area contributed by atoms with Gasteiger partial charge in [-0.2, -0.15) is 4.68 Å². The fraction of sp³-hybridized carbons (Fsp3) is 0.0833. The number of thiazole rings is 1. The van der Waals surface area contributed by atoms with Crippen molar-refractivity contribution in [3.8, 4) is 16.3 Å². The summed E-state index contributed by atoms with van der Waals surface area (Å²) in [5.41, 5.74) is 1.86. The highest BCUT2D eigenvalue weighted by molar-refractivity contribution is 7.18. The molecule has 1 N–H and O–H groups in total. The smallest absolute Gasteiger partial charge is 0.281 e. The lowest BCUT2D eigenvalue weighted by Gasteiger charge is -1.94. The van der Waals surface area contributed by atoms with Crippen molar-refractivity contribution < 1.29 is 0 Å². The van der Waals surface area contributed by atoms with Gasteiger partial charge in [0.15, 0.2) is 0 Å². The Morgan fingerprint density at radius 1 is 1.47 bits per heavy atom. The van der Waals surface area contributed by atoms with Crippen LogP contribution in [-0.4, -0.2) is 19.7 Å². The molecule has 96 valence electrons. The quantitative estimate of drug-likeness (QED) is 0.790. The Labute approximate surface area is 117 Å². The van der Waals surface area contributed by atoms with E-state index in [1.165, 1.54) is 16.0 Å². The van der Waals surface area contributed by atoms with Crippen LogP contribution < -0.4 is 5.56 Å². The number of pyridine rings is 1. The normalized spacial score (nSPS) is 10.8. The monoisotopic (exact) mass is 292 g/mol. The number of aromatic amines is 1. The first-order valence-electron chi connectivity index (χ1n) is 5.51. The van der Waals surface area contributed by atoms with Crippen molar-refractivity contribution in [1.29, 1.82) is 0 Å². The van der Waals surface area contributed by atoms with Crippen molar-refractivity contribution in [2.24, 2.45) is 0 Å². The SMILES string of the molecule is Cc1nc(-n2[nH]cc(-c3cccnc3)c2=O)sc1Cl.